The monoisotopic (exact) mass is 256 g/mol. The molecule has 3 rings (SSSR count). The predicted octanol–water partition coefficient (Wildman–Crippen LogP) is 3.11. The van der Waals surface area contributed by atoms with E-state index in [1.807, 2.05) is 0 Å². The highest BCUT2D eigenvalue weighted by Crippen LogP contribution is 2.27. The van der Waals surface area contributed by atoms with Gasteiger partial charge in [-0.05, 0) is 38.0 Å². The molecule has 0 unspecified atom stereocenters. The minimum absolute atomic E-state index is 0.219. The van der Waals surface area contributed by atoms with Gasteiger partial charge in [0.25, 0.3) is 0 Å². The number of hydrogen-bond donors (Lipinski definition) is 1. The van der Waals surface area contributed by atoms with Gasteiger partial charge in [0.2, 0.25) is 5.88 Å². The summed E-state index contributed by atoms with van der Waals surface area (Å²) in [4.78, 5) is 4.75. The van der Waals surface area contributed by atoms with Crippen LogP contribution in [0.3, 0.4) is 0 Å². The number of rotatable bonds is 1. The summed E-state index contributed by atoms with van der Waals surface area (Å²) in [5.74, 6) is 0.802. The first-order valence-corrected chi connectivity index (χ1v) is 6.95. The lowest BCUT2D eigenvalue weighted by Gasteiger charge is -2.15. The second-order valence-electron chi connectivity index (χ2n) is 5.39. The van der Waals surface area contributed by atoms with E-state index in [4.69, 9.17) is 9.72 Å². The van der Waals surface area contributed by atoms with Gasteiger partial charge in [-0.2, -0.15) is 0 Å². The molecule has 1 atom stereocenters. The number of hydrogen-bond acceptors (Lipinski definition) is 3. The van der Waals surface area contributed by atoms with Crippen LogP contribution < -0.4 is 10.1 Å². The molecule has 0 fully saturated rings. The van der Waals surface area contributed by atoms with E-state index in [1.165, 1.54) is 16.5 Å². The molecule has 1 aliphatic heterocycles. The van der Waals surface area contributed by atoms with E-state index in [9.17, 15) is 0 Å². The van der Waals surface area contributed by atoms with Gasteiger partial charge < -0.3 is 10.1 Å². The van der Waals surface area contributed by atoms with Crippen molar-refractivity contribution in [2.24, 2.45) is 0 Å². The number of nitrogens with one attached hydrogen (secondary N) is 1. The van der Waals surface area contributed by atoms with E-state index in [0.29, 0.717) is 0 Å². The smallest absolute Gasteiger partial charge is 0.218 e. The van der Waals surface area contributed by atoms with Gasteiger partial charge in [-0.25, -0.2) is 4.98 Å². The summed E-state index contributed by atoms with van der Waals surface area (Å²) in [7, 11) is 0. The van der Waals surface area contributed by atoms with E-state index in [2.05, 4.69) is 44.3 Å². The Labute approximate surface area is 114 Å². The lowest BCUT2D eigenvalue weighted by molar-refractivity contribution is 0.195. The van der Waals surface area contributed by atoms with Crippen LogP contribution >= 0.6 is 0 Å². The highest BCUT2D eigenvalue weighted by atomic mass is 16.5. The van der Waals surface area contributed by atoms with Crippen LogP contribution in [-0.2, 0) is 6.54 Å². The average molecular weight is 256 g/mol. The Hall–Kier alpha value is -1.61. The Morgan fingerprint density at radius 3 is 2.95 bits per heavy atom. The van der Waals surface area contributed by atoms with Crippen molar-refractivity contribution in [3.63, 3.8) is 0 Å². The first kappa shape index (κ1) is 12.4. The van der Waals surface area contributed by atoms with Gasteiger partial charge in [-0.15, -0.1) is 0 Å². The van der Waals surface area contributed by atoms with Crippen LogP contribution in [-0.4, -0.2) is 17.6 Å². The molecule has 3 heteroatoms. The molecule has 2 aromatic rings. The topological polar surface area (TPSA) is 34.2 Å². The molecular weight excluding hydrogens is 236 g/mol. The maximum absolute atomic E-state index is 6.03. The average Bonchev–Trinajstić information content (AvgIpc) is 2.57. The van der Waals surface area contributed by atoms with Crippen LogP contribution in [0.25, 0.3) is 10.9 Å². The van der Waals surface area contributed by atoms with Crippen molar-refractivity contribution >= 4 is 10.9 Å². The first-order chi connectivity index (χ1) is 9.17. The zero-order valence-corrected chi connectivity index (χ0v) is 11.8. The van der Waals surface area contributed by atoms with Crippen LogP contribution in [0.2, 0.25) is 0 Å². The number of fused-ring (bicyclic) bond motifs is 2. The molecule has 1 aliphatic rings. The highest BCUT2D eigenvalue weighted by molar-refractivity contribution is 5.84. The van der Waals surface area contributed by atoms with Crippen molar-refractivity contribution in [1.82, 2.24) is 10.3 Å². The summed E-state index contributed by atoms with van der Waals surface area (Å²) in [6.45, 7) is 8.11. The van der Waals surface area contributed by atoms with Crippen molar-refractivity contribution in [1.29, 1.82) is 0 Å². The number of nitrogens with zero attached hydrogens (tertiary/aromatic N) is 1. The molecule has 0 spiro atoms. The van der Waals surface area contributed by atoms with Crippen LogP contribution in [0.4, 0.5) is 0 Å². The molecule has 1 aromatic heterocycles. The molecule has 0 saturated heterocycles. The highest BCUT2D eigenvalue weighted by Gasteiger charge is 2.18. The molecule has 0 bridgehead atoms. The summed E-state index contributed by atoms with van der Waals surface area (Å²) >= 11 is 0. The number of pyridine rings is 1. The quantitative estimate of drug-likeness (QED) is 0.851. The van der Waals surface area contributed by atoms with Gasteiger partial charge in [-0.3, -0.25) is 0 Å². The minimum Gasteiger partial charge on any atom is -0.473 e. The van der Waals surface area contributed by atoms with E-state index >= 15 is 0 Å². The summed E-state index contributed by atoms with van der Waals surface area (Å²) in [6.07, 6.45) is 1.22. The fourth-order valence-corrected chi connectivity index (χ4v) is 2.70. The number of benzene rings is 1. The maximum atomic E-state index is 6.03. The largest absolute Gasteiger partial charge is 0.473 e. The normalized spacial score (nSPS) is 18.8. The van der Waals surface area contributed by atoms with E-state index in [1.54, 1.807) is 0 Å². The Morgan fingerprint density at radius 2 is 2.16 bits per heavy atom. The number of aryl methyl sites for hydroxylation is 2. The van der Waals surface area contributed by atoms with Crippen molar-refractivity contribution < 1.29 is 4.74 Å². The fourth-order valence-electron chi connectivity index (χ4n) is 2.70. The second-order valence-corrected chi connectivity index (χ2v) is 5.39. The van der Waals surface area contributed by atoms with Crippen molar-refractivity contribution in [3.05, 3.63) is 34.9 Å². The summed E-state index contributed by atoms with van der Waals surface area (Å²) in [5.41, 5.74) is 4.71. The fraction of sp³-hybridized carbons (Fsp3) is 0.438. The van der Waals surface area contributed by atoms with Crippen LogP contribution in [0.5, 0.6) is 5.88 Å². The molecule has 3 nitrogen and oxygen atoms in total. The van der Waals surface area contributed by atoms with Gasteiger partial charge in [0, 0.05) is 24.0 Å². The number of aromatic nitrogens is 1. The molecule has 1 aromatic carbocycles. The molecule has 2 heterocycles. The predicted molar refractivity (Wildman–Crippen MR) is 77.6 cm³/mol. The molecule has 0 saturated carbocycles. The molecule has 0 aliphatic carbocycles. The number of ether oxygens (including phenoxy) is 1. The lowest BCUT2D eigenvalue weighted by Crippen LogP contribution is -2.27. The Kier molecular flexibility index (Phi) is 3.15. The third-order valence-electron chi connectivity index (χ3n) is 3.71. The van der Waals surface area contributed by atoms with E-state index < -0.39 is 0 Å². The first-order valence-electron chi connectivity index (χ1n) is 6.95. The lowest BCUT2D eigenvalue weighted by atomic mass is 10.1. The van der Waals surface area contributed by atoms with Gasteiger partial charge in [-0.1, -0.05) is 18.6 Å². The van der Waals surface area contributed by atoms with Crippen molar-refractivity contribution in [2.45, 2.75) is 39.8 Å². The van der Waals surface area contributed by atoms with E-state index in [-0.39, 0.29) is 6.10 Å². The Balaban J connectivity index is 2.15. The summed E-state index contributed by atoms with van der Waals surface area (Å²) in [5, 5.41) is 4.64. The minimum atomic E-state index is 0.219. The van der Waals surface area contributed by atoms with Crippen LogP contribution in [0, 0.1) is 13.8 Å². The Morgan fingerprint density at radius 1 is 1.32 bits per heavy atom. The van der Waals surface area contributed by atoms with Gasteiger partial charge in [0.05, 0.1) is 5.52 Å². The van der Waals surface area contributed by atoms with Gasteiger partial charge in [0.15, 0.2) is 0 Å². The van der Waals surface area contributed by atoms with Gasteiger partial charge in [0.1, 0.15) is 6.10 Å². The molecule has 0 radical (unpaired) electrons. The summed E-state index contributed by atoms with van der Waals surface area (Å²) < 4.78 is 6.03. The van der Waals surface area contributed by atoms with Gasteiger partial charge >= 0.3 is 0 Å². The van der Waals surface area contributed by atoms with E-state index in [0.717, 1.165) is 36.5 Å². The molecule has 1 N–H and O–H groups in total. The zero-order valence-electron chi connectivity index (χ0n) is 11.8. The second kappa shape index (κ2) is 4.82. The Bertz CT molecular complexity index is 622. The maximum Gasteiger partial charge on any atom is 0.218 e. The third-order valence-corrected chi connectivity index (χ3v) is 3.71. The molecular formula is C16H20N2O. The summed E-state index contributed by atoms with van der Waals surface area (Å²) in [6, 6.07) is 6.58. The van der Waals surface area contributed by atoms with Crippen molar-refractivity contribution in [3.8, 4) is 5.88 Å². The molecule has 100 valence electrons. The zero-order chi connectivity index (χ0) is 13.4. The van der Waals surface area contributed by atoms with Crippen LogP contribution in [0.1, 0.15) is 30.0 Å². The SMILES string of the molecule is CC[C@@H]1CNCc2cc3cc(C)cc(C)c3nc2O1. The van der Waals surface area contributed by atoms with Crippen molar-refractivity contribution in [2.75, 3.05) is 6.54 Å². The standard InChI is InChI=1S/C16H20N2O/c1-4-14-9-17-8-13-7-12-6-10(2)5-11(3)15(12)18-16(13)19-14/h5-7,14,17H,4,8-9H2,1-3H3/t14-/m1/s1. The molecule has 0 amide bonds. The third kappa shape index (κ3) is 2.30. The van der Waals surface area contributed by atoms with Crippen LogP contribution in [0.15, 0.2) is 18.2 Å². The molecule has 19 heavy (non-hydrogen) atoms.